The SMILES string of the molecule is CCN(C)C(=O)NCC1CCCC1N. The number of hydrogen-bond acceptors (Lipinski definition) is 2. The average Bonchev–Trinajstić information content (AvgIpc) is 2.59. The summed E-state index contributed by atoms with van der Waals surface area (Å²) in [4.78, 5) is 13.1. The molecule has 4 heteroatoms. The van der Waals surface area contributed by atoms with Crippen LogP contribution in [0.4, 0.5) is 4.79 Å². The lowest BCUT2D eigenvalue weighted by Crippen LogP contribution is -2.42. The molecule has 0 aliphatic heterocycles. The third-order valence-electron chi connectivity index (χ3n) is 3.05. The Morgan fingerprint density at radius 3 is 2.79 bits per heavy atom. The lowest BCUT2D eigenvalue weighted by Gasteiger charge is -2.19. The van der Waals surface area contributed by atoms with E-state index in [4.69, 9.17) is 5.73 Å². The van der Waals surface area contributed by atoms with Crippen molar-refractivity contribution in [3.63, 3.8) is 0 Å². The van der Waals surface area contributed by atoms with Crippen molar-refractivity contribution in [2.75, 3.05) is 20.1 Å². The van der Waals surface area contributed by atoms with Crippen LogP contribution in [0.3, 0.4) is 0 Å². The number of hydrogen-bond donors (Lipinski definition) is 2. The Morgan fingerprint density at radius 2 is 2.29 bits per heavy atom. The van der Waals surface area contributed by atoms with E-state index in [1.165, 1.54) is 6.42 Å². The molecule has 0 heterocycles. The number of nitrogens with two attached hydrogens (primary N) is 1. The number of nitrogens with zero attached hydrogens (tertiary/aromatic N) is 1. The first-order valence-electron chi connectivity index (χ1n) is 5.39. The van der Waals surface area contributed by atoms with Gasteiger partial charge in [0.25, 0.3) is 0 Å². The van der Waals surface area contributed by atoms with Gasteiger partial charge in [-0.05, 0) is 25.7 Å². The third-order valence-corrected chi connectivity index (χ3v) is 3.05. The molecule has 0 saturated heterocycles. The predicted molar refractivity (Wildman–Crippen MR) is 57.0 cm³/mol. The van der Waals surface area contributed by atoms with E-state index in [-0.39, 0.29) is 12.1 Å². The Hall–Kier alpha value is -0.770. The van der Waals surface area contributed by atoms with Gasteiger partial charge in [-0.1, -0.05) is 6.42 Å². The summed E-state index contributed by atoms with van der Waals surface area (Å²) in [5.41, 5.74) is 5.91. The molecule has 0 aromatic heterocycles. The van der Waals surface area contributed by atoms with Gasteiger partial charge in [0, 0.05) is 26.2 Å². The van der Waals surface area contributed by atoms with Gasteiger partial charge in [0.1, 0.15) is 0 Å². The van der Waals surface area contributed by atoms with Gasteiger partial charge >= 0.3 is 6.03 Å². The molecule has 0 bridgehead atoms. The fourth-order valence-corrected chi connectivity index (χ4v) is 1.82. The van der Waals surface area contributed by atoms with Crippen LogP contribution in [0.5, 0.6) is 0 Å². The molecule has 4 nitrogen and oxygen atoms in total. The number of rotatable bonds is 3. The molecule has 3 N–H and O–H groups in total. The summed E-state index contributed by atoms with van der Waals surface area (Å²) >= 11 is 0. The van der Waals surface area contributed by atoms with Crippen molar-refractivity contribution in [2.45, 2.75) is 32.2 Å². The highest BCUT2D eigenvalue weighted by atomic mass is 16.2. The molecule has 14 heavy (non-hydrogen) atoms. The van der Waals surface area contributed by atoms with Gasteiger partial charge in [0.2, 0.25) is 0 Å². The topological polar surface area (TPSA) is 58.4 Å². The van der Waals surface area contributed by atoms with Crippen molar-refractivity contribution in [3.05, 3.63) is 0 Å². The zero-order chi connectivity index (χ0) is 10.6. The molecule has 0 radical (unpaired) electrons. The summed E-state index contributed by atoms with van der Waals surface area (Å²) < 4.78 is 0. The van der Waals surface area contributed by atoms with Crippen molar-refractivity contribution < 1.29 is 4.79 Å². The quantitative estimate of drug-likeness (QED) is 0.705. The van der Waals surface area contributed by atoms with Gasteiger partial charge in [-0.3, -0.25) is 0 Å². The number of carbonyl (C=O) groups excluding carboxylic acids is 1. The first-order valence-corrected chi connectivity index (χ1v) is 5.39. The minimum absolute atomic E-state index is 0.00611. The Bertz CT molecular complexity index is 196. The predicted octanol–water partition coefficient (Wildman–Crippen LogP) is 0.775. The van der Waals surface area contributed by atoms with Crippen molar-refractivity contribution >= 4 is 6.03 Å². The molecule has 82 valence electrons. The van der Waals surface area contributed by atoms with Crippen molar-refractivity contribution in [1.29, 1.82) is 0 Å². The Kier molecular flexibility index (Phi) is 4.20. The maximum Gasteiger partial charge on any atom is 0.317 e. The maximum atomic E-state index is 11.4. The highest BCUT2D eigenvalue weighted by molar-refractivity contribution is 5.73. The number of urea groups is 1. The van der Waals surface area contributed by atoms with E-state index < -0.39 is 0 Å². The van der Waals surface area contributed by atoms with Gasteiger partial charge in [-0.15, -0.1) is 0 Å². The molecule has 2 amide bonds. The second-order valence-corrected chi connectivity index (χ2v) is 4.06. The maximum absolute atomic E-state index is 11.4. The van der Waals surface area contributed by atoms with Crippen LogP contribution in [0.25, 0.3) is 0 Å². The minimum atomic E-state index is 0.00611. The third kappa shape index (κ3) is 2.87. The fourth-order valence-electron chi connectivity index (χ4n) is 1.82. The zero-order valence-electron chi connectivity index (χ0n) is 9.12. The van der Waals surface area contributed by atoms with Crippen LogP contribution in [-0.2, 0) is 0 Å². The average molecular weight is 199 g/mol. The van der Waals surface area contributed by atoms with E-state index in [0.29, 0.717) is 5.92 Å². The molecule has 1 fully saturated rings. The minimum Gasteiger partial charge on any atom is -0.338 e. The lowest BCUT2D eigenvalue weighted by molar-refractivity contribution is 0.208. The van der Waals surface area contributed by atoms with E-state index >= 15 is 0 Å². The summed E-state index contributed by atoms with van der Waals surface area (Å²) in [5, 5.41) is 2.91. The van der Waals surface area contributed by atoms with Gasteiger partial charge in [0.05, 0.1) is 0 Å². The van der Waals surface area contributed by atoms with Crippen LogP contribution in [-0.4, -0.2) is 37.1 Å². The summed E-state index contributed by atoms with van der Waals surface area (Å²) in [5.74, 6) is 0.476. The first-order chi connectivity index (χ1) is 6.65. The number of nitrogens with one attached hydrogen (secondary N) is 1. The number of carbonyl (C=O) groups is 1. The van der Waals surface area contributed by atoms with E-state index in [9.17, 15) is 4.79 Å². The molecule has 2 atom stereocenters. The van der Waals surface area contributed by atoms with Crippen LogP contribution >= 0.6 is 0 Å². The molecule has 0 spiro atoms. The molecular formula is C10H21N3O. The van der Waals surface area contributed by atoms with E-state index in [1.807, 2.05) is 6.92 Å². The molecule has 1 rings (SSSR count). The fraction of sp³-hybridized carbons (Fsp3) is 0.900. The molecular weight excluding hydrogens is 178 g/mol. The highest BCUT2D eigenvalue weighted by Crippen LogP contribution is 2.22. The lowest BCUT2D eigenvalue weighted by atomic mass is 10.1. The molecule has 1 aliphatic rings. The standard InChI is InChI=1S/C10H21N3O/c1-3-13(2)10(14)12-7-8-5-4-6-9(8)11/h8-9H,3-7,11H2,1-2H3,(H,12,14). The second kappa shape index (κ2) is 5.20. The normalized spacial score (nSPS) is 26.2. The smallest absolute Gasteiger partial charge is 0.317 e. The Morgan fingerprint density at radius 1 is 1.57 bits per heavy atom. The Balaban J connectivity index is 2.22. The molecule has 2 unspecified atom stereocenters. The summed E-state index contributed by atoms with van der Waals surface area (Å²) in [6.07, 6.45) is 3.45. The zero-order valence-corrected chi connectivity index (χ0v) is 9.12. The van der Waals surface area contributed by atoms with Gasteiger partial charge < -0.3 is 16.0 Å². The van der Waals surface area contributed by atoms with Crippen LogP contribution < -0.4 is 11.1 Å². The monoisotopic (exact) mass is 199 g/mol. The van der Waals surface area contributed by atoms with E-state index in [1.54, 1.807) is 11.9 Å². The van der Waals surface area contributed by atoms with Gasteiger partial charge in [0.15, 0.2) is 0 Å². The van der Waals surface area contributed by atoms with Crippen molar-refractivity contribution in [1.82, 2.24) is 10.2 Å². The number of amides is 2. The van der Waals surface area contributed by atoms with Crippen LogP contribution in [0, 0.1) is 5.92 Å². The Labute approximate surface area is 85.8 Å². The van der Waals surface area contributed by atoms with Gasteiger partial charge in [-0.25, -0.2) is 4.79 Å². The van der Waals surface area contributed by atoms with Crippen molar-refractivity contribution in [3.8, 4) is 0 Å². The molecule has 1 aliphatic carbocycles. The summed E-state index contributed by atoms with van der Waals surface area (Å²) in [7, 11) is 1.80. The molecule has 0 aromatic carbocycles. The summed E-state index contributed by atoms with van der Waals surface area (Å²) in [6.45, 7) is 3.42. The van der Waals surface area contributed by atoms with Gasteiger partial charge in [-0.2, -0.15) is 0 Å². The van der Waals surface area contributed by atoms with E-state index in [0.717, 1.165) is 25.9 Å². The second-order valence-electron chi connectivity index (χ2n) is 4.06. The van der Waals surface area contributed by atoms with Crippen molar-refractivity contribution in [2.24, 2.45) is 11.7 Å². The molecule has 1 saturated carbocycles. The largest absolute Gasteiger partial charge is 0.338 e. The van der Waals surface area contributed by atoms with Crippen LogP contribution in [0.15, 0.2) is 0 Å². The highest BCUT2D eigenvalue weighted by Gasteiger charge is 2.24. The molecule has 0 aromatic rings. The van der Waals surface area contributed by atoms with Crippen LogP contribution in [0.1, 0.15) is 26.2 Å². The first kappa shape index (κ1) is 11.3. The van der Waals surface area contributed by atoms with Crippen LogP contribution in [0.2, 0.25) is 0 Å². The summed E-state index contributed by atoms with van der Waals surface area (Å²) in [6, 6.07) is 0.286. The van der Waals surface area contributed by atoms with E-state index in [2.05, 4.69) is 5.32 Å².